The molecular formula is C18H21F2N3O2. The minimum Gasteiger partial charge on any atom is -0.368 e. The Hall–Kier alpha value is -1.86. The molecule has 5 nitrogen and oxygen atoms in total. The molecule has 2 aliphatic rings. The molecule has 1 aromatic carbocycles. The van der Waals surface area contributed by atoms with Gasteiger partial charge in [-0.05, 0) is 31.9 Å². The van der Waals surface area contributed by atoms with Gasteiger partial charge in [-0.1, -0.05) is 24.1 Å². The van der Waals surface area contributed by atoms with Crippen LogP contribution in [0.15, 0.2) is 22.7 Å². The number of rotatable bonds is 4. The Morgan fingerprint density at radius 2 is 2.04 bits per heavy atom. The van der Waals surface area contributed by atoms with E-state index in [4.69, 9.17) is 15.0 Å². The maximum atomic E-state index is 14.5. The van der Waals surface area contributed by atoms with E-state index >= 15 is 0 Å². The minimum atomic E-state index is -0.670. The fourth-order valence-electron chi connectivity index (χ4n) is 4.16. The van der Waals surface area contributed by atoms with Crippen molar-refractivity contribution < 1.29 is 18.0 Å². The average molecular weight is 349 g/mol. The zero-order chi connectivity index (χ0) is 17.4. The molecule has 134 valence electrons. The molecule has 0 bridgehead atoms. The topological polar surface area (TPSA) is 74.2 Å². The molecule has 0 amide bonds. The number of halogens is 2. The van der Waals surface area contributed by atoms with Crippen LogP contribution < -0.4 is 5.73 Å². The fourth-order valence-corrected chi connectivity index (χ4v) is 4.16. The summed E-state index contributed by atoms with van der Waals surface area (Å²) in [5.74, 6) is -0.151. The van der Waals surface area contributed by atoms with Crippen molar-refractivity contribution in [3.05, 3.63) is 47.1 Å². The summed E-state index contributed by atoms with van der Waals surface area (Å²) in [5.41, 5.74) is 5.55. The van der Waals surface area contributed by atoms with Crippen LogP contribution in [0.5, 0.6) is 0 Å². The number of nitrogens with two attached hydrogens (primary N) is 1. The van der Waals surface area contributed by atoms with Crippen LogP contribution in [0.25, 0.3) is 0 Å². The smallest absolute Gasteiger partial charge is 0.256 e. The molecular weight excluding hydrogens is 328 g/mol. The van der Waals surface area contributed by atoms with Gasteiger partial charge in [0.1, 0.15) is 17.7 Å². The van der Waals surface area contributed by atoms with E-state index in [1.807, 2.05) is 0 Å². The molecule has 2 fully saturated rings. The summed E-state index contributed by atoms with van der Waals surface area (Å²) in [6, 6.07) is 3.70. The summed E-state index contributed by atoms with van der Waals surface area (Å²) >= 11 is 0. The van der Waals surface area contributed by atoms with Crippen LogP contribution in [-0.2, 0) is 10.2 Å². The molecule has 1 aromatic heterocycles. The van der Waals surface area contributed by atoms with E-state index in [0.717, 1.165) is 25.3 Å². The average Bonchev–Trinajstić information content (AvgIpc) is 3.34. The highest BCUT2D eigenvalue weighted by Crippen LogP contribution is 2.46. The monoisotopic (exact) mass is 349 g/mol. The SMILES string of the molecule is NC[C@@H]1CCO[C@@H]1c1nc(C2(c3ccc(F)cc3F)CCCC2)no1. The second-order valence-electron chi connectivity index (χ2n) is 6.95. The van der Waals surface area contributed by atoms with Crippen molar-refractivity contribution in [3.8, 4) is 0 Å². The number of benzene rings is 1. The van der Waals surface area contributed by atoms with Gasteiger partial charge in [0.15, 0.2) is 5.82 Å². The van der Waals surface area contributed by atoms with Crippen molar-refractivity contribution in [2.45, 2.75) is 43.6 Å². The van der Waals surface area contributed by atoms with Crippen LogP contribution in [0.3, 0.4) is 0 Å². The Labute approximate surface area is 144 Å². The lowest BCUT2D eigenvalue weighted by Gasteiger charge is -2.26. The standard InChI is InChI=1S/C18H21F2N3O2/c19-12-3-4-13(14(20)9-12)18(6-1-2-7-18)17-22-16(25-23-17)15-11(10-21)5-8-24-15/h3-4,9,11,15H,1-2,5-8,10,21H2/t11-,15-/m0/s1. The summed E-state index contributed by atoms with van der Waals surface area (Å²) in [6.45, 7) is 1.10. The first kappa shape index (κ1) is 16.6. The summed E-state index contributed by atoms with van der Waals surface area (Å²) in [7, 11) is 0. The second kappa shape index (κ2) is 6.46. The summed E-state index contributed by atoms with van der Waals surface area (Å²) in [5, 5.41) is 4.16. The third-order valence-electron chi connectivity index (χ3n) is 5.53. The third-order valence-corrected chi connectivity index (χ3v) is 5.53. The molecule has 25 heavy (non-hydrogen) atoms. The van der Waals surface area contributed by atoms with Crippen LogP contribution in [0.1, 0.15) is 55.5 Å². The molecule has 0 spiro atoms. The second-order valence-corrected chi connectivity index (χ2v) is 6.95. The van der Waals surface area contributed by atoms with Crippen molar-refractivity contribution >= 4 is 0 Å². The molecule has 1 saturated heterocycles. The van der Waals surface area contributed by atoms with Gasteiger partial charge in [-0.3, -0.25) is 0 Å². The first-order valence-electron chi connectivity index (χ1n) is 8.75. The van der Waals surface area contributed by atoms with Crippen LogP contribution >= 0.6 is 0 Å². The lowest BCUT2D eigenvalue weighted by Crippen LogP contribution is -2.27. The lowest BCUT2D eigenvalue weighted by atomic mass is 9.78. The summed E-state index contributed by atoms with van der Waals surface area (Å²) in [4.78, 5) is 4.57. The third kappa shape index (κ3) is 2.75. The summed E-state index contributed by atoms with van der Waals surface area (Å²) in [6.07, 6.45) is 3.85. The van der Waals surface area contributed by atoms with Gasteiger partial charge in [0, 0.05) is 24.2 Å². The van der Waals surface area contributed by atoms with Gasteiger partial charge in [-0.2, -0.15) is 4.98 Å². The van der Waals surface area contributed by atoms with E-state index in [-0.39, 0.29) is 12.0 Å². The largest absolute Gasteiger partial charge is 0.368 e. The Kier molecular flexibility index (Phi) is 4.29. The van der Waals surface area contributed by atoms with Crippen molar-refractivity contribution in [3.63, 3.8) is 0 Å². The molecule has 4 rings (SSSR count). The van der Waals surface area contributed by atoms with E-state index in [1.165, 1.54) is 12.1 Å². The van der Waals surface area contributed by atoms with E-state index < -0.39 is 17.0 Å². The molecule has 2 N–H and O–H groups in total. The van der Waals surface area contributed by atoms with Gasteiger partial charge in [0.2, 0.25) is 0 Å². The van der Waals surface area contributed by atoms with E-state index in [0.29, 0.717) is 43.3 Å². The van der Waals surface area contributed by atoms with Gasteiger partial charge >= 0.3 is 0 Å². The van der Waals surface area contributed by atoms with Crippen LogP contribution in [0, 0.1) is 17.6 Å². The van der Waals surface area contributed by atoms with Gasteiger partial charge in [-0.15, -0.1) is 0 Å². The number of aromatic nitrogens is 2. The van der Waals surface area contributed by atoms with E-state index in [1.54, 1.807) is 0 Å². The maximum absolute atomic E-state index is 14.5. The number of hydrogen-bond acceptors (Lipinski definition) is 5. The fraction of sp³-hybridized carbons (Fsp3) is 0.556. The van der Waals surface area contributed by atoms with E-state index in [9.17, 15) is 8.78 Å². The highest BCUT2D eigenvalue weighted by atomic mass is 19.1. The van der Waals surface area contributed by atoms with Crippen molar-refractivity contribution in [2.75, 3.05) is 13.2 Å². The van der Waals surface area contributed by atoms with Crippen molar-refractivity contribution in [1.82, 2.24) is 10.1 Å². The number of hydrogen-bond donors (Lipinski definition) is 1. The van der Waals surface area contributed by atoms with Crippen LogP contribution in [0.4, 0.5) is 8.78 Å². The van der Waals surface area contributed by atoms with Gasteiger partial charge < -0.3 is 15.0 Å². The molecule has 1 aliphatic carbocycles. The minimum absolute atomic E-state index is 0.149. The van der Waals surface area contributed by atoms with Gasteiger partial charge in [-0.25, -0.2) is 8.78 Å². The summed E-state index contributed by atoms with van der Waals surface area (Å²) < 4.78 is 39.0. The zero-order valence-corrected chi connectivity index (χ0v) is 13.9. The number of ether oxygens (including phenoxy) is 1. The van der Waals surface area contributed by atoms with Crippen LogP contribution in [0.2, 0.25) is 0 Å². The van der Waals surface area contributed by atoms with Crippen LogP contribution in [-0.4, -0.2) is 23.3 Å². The highest BCUT2D eigenvalue weighted by molar-refractivity contribution is 5.35. The molecule has 1 saturated carbocycles. The molecule has 0 radical (unpaired) electrons. The molecule has 1 aliphatic heterocycles. The van der Waals surface area contributed by atoms with Gasteiger partial charge in [0.05, 0.1) is 5.41 Å². The Morgan fingerprint density at radius 3 is 2.76 bits per heavy atom. The molecule has 2 atom stereocenters. The Balaban J connectivity index is 1.73. The Morgan fingerprint density at radius 1 is 1.24 bits per heavy atom. The first-order valence-corrected chi connectivity index (χ1v) is 8.75. The van der Waals surface area contributed by atoms with Crippen molar-refractivity contribution in [1.29, 1.82) is 0 Å². The van der Waals surface area contributed by atoms with Gasteiger partial charge in [0.25, 0.3) is 5.89 Å². The zero-order valence-electron chi connectivity index (χ0n) is 13.9. The lowest BCUT2D eigenvalue weighted by molar-refractivity contribution is 0.0642. The molecule has 2 heterocycles. The first-order chi connectivity index (χ1) is 12.1. The molecule has 0 unspecified atom stereocenters. The highest BCUT2D eigenvalue weighted by Gasteiger charge is 2.44. The molecule has 7 heteroatoms. The van der Waals surface area contributed by atoms with E-state index in [2.05, 4.69) is 10.1 Å². The number of nitrogens with zero attached hydrogens (tertiary/aromatic N) is 2. The Bertz CT molecular complexity index is 759. The normalized spacial score (nSPS) is 25.6. The molecule has 2 aromatic rings. The quantitative estimate of drug-likeness (QED) is 0.917. The predicted molar refractivity (Wildman–Crippen MR) is 85.8 cm³/mol. The maximum Gasteiger partial charge on any atom is 0.256 e. The van der Waals surface area contributed by atoms with Crippen molar-refractivity contribution in [2.24, 2.45) is 11.7 Å². The predicted octanol–water partition coefficient (Wildman–Crippen LogP) is 3.24.